The first-order chi connectivity index (χ1) is 21.0. The zero-order valence-electron chi connectivity index (χ0n) is 24.6. The second kappa shape index (κ2) is 9.73. The Morgan fingerprint density at radius 2 is 1.91 bits per heavy atom. The summed E-state index contributed by atoms with van der Waals surface area (Å²) in [7, 11) is 1.52. The summed E-state index contributed by atoms with van der Waals surface area (Å²) < 4.78 is 14.4. The van der Waals surface area contributed by atoms with Gasteiger partial charge in [0.25, 0.3) is 11.8 Å². The van der Waals surface area contributed by atoms with Crippen molar-refractivity contribution < 1.29 is 29.3 Å². The number of nitrogens with zero attached hydrogens (tertiary/aromatic N) is 4. The highest BCUT2D eigenvalue weighted by molar-refractivity contribution is 6.29. The summed E-state index contributed by atoms with van der Waals surface area (Å²) in [6, 6.07) is -0.834. The molecule has 10 heteroatoms. The van der Waals surface area contributed by atoms with Gasteiger partial charge >= 0.3 is 0 Å². The first kappa shape index (κ1) is 27.0. The molecule has 6 atom stereocenters. The fourth-order valence-corrected chi connectivity index (χ4v) is 8.30. The molecule has 2 aromatic rings. The first-order valence-corrected chi connectivity index (χ1v) is 15.3. The Kier molecular flexibility index (Phi) is 6.12. The number of imide groups is 1. The molecule has 43 heavy (non-hydrogen) atoms. The van der Waals surface area contributed by atoms with E-state index in [1.807, 2.05) is 30.4 Å². The smallest absolute Gasteiger partial charge is 0.262 e. The second-order valence-corrected chi connectivity index (χ2v) is 12.0. The standard InChI is InChI=1S/C33H36N4O6/c1-4-34(5-2)14-15-35-31(40)24-22-17-10-6-8-12-19(17)36-26(22)27-23(25(24)32(35)41)18-11-7-9-13-20(18)37(27)33-28(36)29(39)30(42-3)21(16-38)43-33/h6-10,12-13,19,21,28-30,33,38-39H,4-5,11,14-16H2,1-3H3/t19?,21-,28+,29-,30-,33-/m1/s1. The zero-order valence-corrected chi connectivity index (χ0v) is 24.6. The van der Waals surface area contributed by atoms with Gasteiger partial charge in [0, 0.05) is 36.2 Å². The summed E-state index contributed by atoms with van der Waals surface area (Å²) in [5.41, 5.74) is 4.53. The highest BCUT2D eigenvalue weighted by atomic mass is 16.6. The second-order valence-electron chi connectivity index (χ2n) is 12.0. The van der Waals surface area contributed by atoms with Gasteiger partial charge in [-0.15, -0.1) is 0 Å². The van der Waals surface area contributed by atoms with Gasteiger partial charge in [0.1, 0.15) is 24.4 Å². The van der Waals surface area contributed by atoms with Crippen LogP contribution in [0.5, 0.6) is 0 Å². The minimum atomic E-state index is -0.996. The van der Waals surface area contributed by atoms with Crippen LogP contribution >= 0.6 is 0 Å². The summed E-state index contributed by atoms with van der Waals surface area (Å²) >= 11 is 0. The van der Waals surface area contributed by atoms with Crippen molar-refractivity contribution in [3.05, 3.63) is 63.7 Å². The van der Waals surface area contributed by atoms with Crippen molar-refractivity contribution >= 4 is 40.1 Å². The number of anilines is 1. The predicted molar refractivity (Wildman–Crippen MR) is 161 cm³/mol. The molecule has 2 N–H and O–H groups in total. The van der Waals surface area contributed by atoms with E-state index in [0.717, 1.165) is 51.4 Å². The van der Waals surface area contributed by atoms with Crippen molar-refractivity contribution in [3.63, 3.8) is 0 Å². The number of benzene rings is 1. The van der Waals surface area contributed by atoms with Crippen LogP contribution in [0, 0.1) is 0 Å². The van der Waals surface area contributed by atoms with Crippen molar-refractivity contribution in [2.24, 2.45) is 0 Å². The van der Waals surface area contributed by atoms with Gasteiger partial charge in [-0.25, -0.2) is 0 Å². The Bertz CT molecular complexity index is 1800. The highest BCUT2D eigenvalue weighted by Gasteiger charge is 2.56. The summed E-state index contributed by atoms with van der Waals surface area (Å²) in [5.74, 6) is -0.513. The Morgan fingerprint density at radius 1 is 1.12 bits per heavy atom. The molecule has 1 saturated heterocycles. The number of carbonyl (C=O) groups excluding carboxylic acids is 2. The van der Waals surface area contributed by atoms with Crippen LogP contribution in [0.2, 0.25) is 0 Å². The lowest BCUT2D eigenvalue weighted by atomic mass is 9.90. The molecule has 8 rings (SSSR count). The molecule has 1 aromatic carbocycles. The fourth-order valence-electron chi connectivity index (χ4n) is 8.30. The fraction of sp³-hybridized carbons (Fsp3) is 0.455. The molecule has 2 amide bonds. The van der Waals surface area contributed by atoms with Crippen LogP contribution in [0.15, 0.2) is 36.5 Å². The average Bonchev–Trinajstić information content (AvgIpc) is 3.63. The molecule has 4 aliphatic heterocycles. The van der Waals surface area contributed by atoms with Gasteiger partial charge in [-0.3, -0.25) is 14.5 Å². The Hall–Kier alpha value is -3.54. The number of allylic oxidation sites excluding steroid dienone is 4. The van der Waals surface area contributed by atoms with Gasteiger partial charge in [0.05, 0.1) is 35.0 Å². The van der Waals surface area contributed by atoms with Crippen LogP contribution in [0.1, 0.15) is 46.4 Å². The van der Waals surface area contributed by atoms with Crippen LogP contribution in [0.25, 0.3) is 22.6 Å². The lowest BCUT2D eigenvalue weighted by Crippen LogP contribution is -2.66. The Morgan fingerprint density at radius 3 is 2.65 bits per heavy atom. The third-order valence-corrected chi connectivity index (χ3v) is 10.3. The van der Waals surface area contributed by atoms with E-state index in [4.69, 9.17) is 9.47 Å². The third-order valence-electron chi connectivity index (χ3n) is 10.3. The molecule has 0 spiro atoms. The lowest BCUT2D eigenvalue weighted by Gasteiger charge is -2.52. The molecule has 0 radical (unpaired) electrons. The average molecular weight is 585 g/mol. The zero-order chi connectivity index (χ0) is 29.7. The largest absolute Gasteiger partial charge is 0.394 e. The summed E-state index contributed by atoms with van der Waals surface area (Å²) in [6.07, 6.45) is 11.6. The van der Waals surface area contributed by atoms with E-state index in [2.05, 4.69) is 40.4 Å². The summed E-state index contributed by atoms with van der Waals surface area (Å²) in [6.45, 7) is 6.46. The molecule has 224 valence electrons. The molecular weight excluding hydrogens is 548 g/mol. The van der Waals surface area contributed by atoms with E-state index >= 15 is 0 Å². The van der Waals surface area contributed by atoms with Gasteiger partial charge in [0.2, 0.25) is 0 Å². The maximum Gasteiger partial charge on any atom is 0.262 e. The SMILES string of the molecule is CCN(CC)CCN1C(=O)c2c(c3c4c(n5c3c3c2=C2C=CC=CC2N3[C@H]2[C@@H](O)[C@H](OC)[C@@H](CO)O[C@H]25)=CC=CC4)C1=O. The lowest BCUT2D eigenvalue weighted by molar-refractivity contribution is -0.219. The van der Waals surface area contributed by atoms with Crippen molar-refractivity contribution in [1.29, 1.82) is 0 Å². The molecule has 0 bridgehead atoms. The summed E-state index contributed by atoms with van der Waals surface area (Å²) in [5, 5.41) is 24.6. The molecule has 1 aromatic heterocycles. The predicted octanol–water partition coefficient (Wildman–Crippen LogP) is 0.585. The van der Waals surface area contributed by atoms with Gasteiger partial charge in [-0.2, -0.15) is 0 Å². The number of hydrogen-bond acceptors (Lipinski definition) is 8. The molecule has 5 heterocycles. The van der Waals surface area contributed by atoms with Crippen molar-refractivity contribution in [3.8, 4) is 0 Å². The third kappa shape index (κ3) is 3.35. The Balaban J connectivity index is 1.45. The van der Waals surface area contributed by atoms with E-state index in [1.54, 1.807) is 0 Å². The maximum atomic E-state index is 14.4. The molecule has 1 fully saturated rings. The normalized spacial score (nSPS) is 29.5. The quantitative estimate of drug-likeness (QED) is 0.456. The molecule has 2 aliphatic carbocycles. The van der Waals surface area contributed by atoms with Crippen LogP contribution in [-0.4, -0.2) is 107 Å². The molecule has 10 nitrogen and oxygen atoms in total. The monoisotopic (exact) mass is 584 g/mol. The van der Waals surface area contributed by atoms with Crippen molar-refractivity contribution in [2.45, 2.75) is 56.9 Å². The number of aromatic nitrogens is 1. The number of methoxy groups -OCH3 is 1. The van der Waals surface area contributed by atoms with Gasteiger partial charge in [0.15, 0.2) is 6.23 Å². The number of fused-ring (bicyclic) bond motifs is 11. The van der Waals surface area contributed by atoms with E-state index in [0.29, 0.717) is 30.6 Å². The van der Waals surface area contributed by atoms with E-state index in [1.165, 1.54) is 12.0 Å². The van der Waals surface area contributed by atoms with Gasteiger partial charge < -0.3 is 34.1 Å². The van der Waals surface area contributed by atoms with E-state index in [9.17, 15) is 19.8 Å². The van der Waals surface area contributed by atoms with Gasteiger partial charge in [-0.1, -0.05) is 50.3 Å². The highest BCUT2D eigenvalue weighted by Crippen LogP contribution is 2.50. The number of aliphatic hydroxyl groups excluding tert-OH is 2. The van der Waals surface area contributed by atoms with Crippen LogP contribution in [0.4, 0.5) is 5.69 Å². The number of likely N-dealkylation sites (N-methyl/N-ethyl adjacent to an activating group) is 1. The van der Waals surface area contributed by atoms with Gasteiger partial charge in [-0.05, 0) is 36.7 Å². The maximum absolute atomic E-state index is 14.4. The summed E-state index contributed by atoms with van der Waals surface area (Å²) in [4.78, 5) is 34.5. The number of ether oxygens (including phenoxy) is 2. The van der Waals surface area contributed by atoms with Crippen molar-refractivity contribution in [1.82, 2.24) is 14.4 Å². The molecular formula is C33H36N4O6. The van der Waals surface area contributed by atoms with Crippen molar-refractivity contribution in [2.75, 3.05) is 44.8 Å². The number of aliphatic hydroxyl groups is 2. The number of hydrogen-bond donors (Lipinski definition) is 2. The topological polar surface area (TPSA) is 108 Å². The van der Waals surface area contributed by atoms with Crippen LogP contribution in [-0.2, 0) is 15.9 Å². The molecule has 1 unspecified atom stereocenters. The number of rotatable bonds is 7. The number of carbonyl (C=O) groups is 2. The number of amides is 2. The molecule has 6 aliphatic rings. The first-order valence-electron chi connectivity index (χ1n) is 15.3. The van der Waals surface area contributed by atoms with E-state index in [-0.39, 0.29) is 24.5 Å². The van der Waals surface area contributed by atoms with E-state index < -0.39 is 30.6 Å². The Labute approximate surface area is 249 Å². The van der Waals surface area contributed by atoms with Crippen LogP contribution in [0.3, 0.4) is 0 Å². The van der Waals surface area contributed by atoms with Crippen LogP contribution < -0.4 is 15.5 Å². The molecule has 0 saturated carbocycles. The minimum absolute atomic E-state index is 0.255. The minimum Gasteiger partial charge on any atom is -0.394 e.